The monoisotopic (exact) mass is 163 g/mol. The van der Waals surface area contributed by atoms with Gasteiger partial charge in [-0.2, -0.15) is 0 Å². The number of oxazole rings is 1. The Balaban J connectivity index is 0.000000336. The van der Waals surface area contributed by atoms with Crippen molar-refractivity contribution in [2.45, 2.75) is 20.8 Å². The van der Waals surface area contributed by atoms with Crippen LogP contribution in [0.15, 0.2) is 29.0 Å². The molecule has 2 aromatic rings. The van der Waals surface area contributed by atoms with E-state index < -0.39 is 0 Å². The van der Waals surface area contributed by atoms with Crippen molar-refractivity contribution in [1.82, 2.24) is 4.98 Å². The molecule has 12 heavy (non-hydrogen) atoms. The Morgan fingerprint density at radius 2 is 2.00 bits per heavy atom. The average molecular weight is 163 g/mol. The average Bonchev–Trinajstić information content (AvgIpc) is 2.54. The van der Waals surface area contributed by atoms with Crippen molar-refractivity contribution < 1.29 is 4.42 Å². The molecule has 1 heterocycles. The maximum absolute atomic E-state index is 5.09. The summed E-state index contributed by atoms with van der Waals surface area (Å²) in [6.07, 6.45) is 1.46. The molecule has 0 saturated carbocycles. The number of fused-ring (bicyclic) bond motifs is 1. The van der Waals surface area contributed by atoms with Gasteiger partial charge in [0.15, 0.2) is 12.0 Å². The van der Waals surface area contributed by atoms with Gasteiger partial charge in [-0.25, -0.2) is 4.98 Å². The molecule has 0 radical (unpaired) electrons. The van der Waals surface area contributed by atoms with Gasteiger partial charge in [0, 0.05) is 0 Å². The summed E-state index contributed by atoms with van der Waals surface area (Å²) >= 11 is 0. The lowest BCUT2D eigenvalue weighted by molar-refractivity contribution is 0.602. The third kappa shape index (κ3) is 1.64. The van der Waals surface area contributed by atoms with Gasteiger partial charge in [-0.15, -0.1) is 0 Å². The highest BCUT2D eigenvalue weighted by atomic mass is 16.3. The van der Waals surface area contributed by atoms with Crippen LogP contribution in [0.4, 0.5) is 0 Å². The Hall–Kier alpha value is -1.31. The third-order valence-corrected chi connectivity index (χ3v) is 1.49. The summed E-state index contributed by atoms with van der Waals surface area (Å²) in [5.74, 6) is 0. The number of rotatable bonds is 0. The van der Waals surface area contributed by atoms with Gasteiger partial charge in [0.2, 0.25) is 0 Å². The molecule has 0 bridgehead atoms. The first-order valence-corrected chi connectivity index (χ1v) is 4.16. The predicted octanol–water partition coefficient (Wildman–Crippen LogP) is 3.16. The second kappa shape index (κ2) is 3.90. The Morgan fingerprint density at radius 3 is 2.75 bits per heavy atom. The number of benzene rings is 1. The van der Waals surface area contributed by atoms with Gasteiger partial charge in [-0.3, -0.25) is 0 Å². The zero-order chi connectivity index (χ0) is 8.97. The lowest BCUT2D eigenvalue weighted by Crippen LogP contribution is -1.69. The van der Waals surface area contributed by atoms with Crippen LogP contribution in [0.1, 0.15) is 19.4 Å². The Labute approximate surface area is 72.2 Å². The van der Waals surface area contributed by atoms with Crippen molar-refractivity contribution >= 4 is 11.1 Å². The molecule has 1 aromatic heterocycles. The zero-order valence-corrected chi connectivity index (χ0v) is 7.66. The number of hydrogen-bond acceptors (Lipinski definition) is 2. The van der Waals surface area contributed by atoms with Gasteiger partial charge in [0.1, 0.15) is 5.52 Å². The molecule has 2 heteroatoms. The van der Waals surface area contributed by atoms with Crippen molar-refractivity contribution in [3.05, 3.63) is 30.2 Å². The molecule has 0 saturated heterocycles. The van der Waals surface area contributed by atoms with Crippen LogP contribution in [0.25, 0.3) is 11.1 Å². The van der Waals surface area contributed by atoms with Crippen LogP contribution in [0.3, 0.4) is 0 Å². The number of aromatic nitrogens is 1. The highest BCUT2D eigenvalue weighted by Gasteiger charge is 1.95. The van der Waals surface area contributed by atoms with E-state index in [4.69, 9.17) is 4.42 Å². The summed E-state index contributed by atoms with van der Waals surface area (Å²) in [6.45, 7) is 6.03. The van der Waals surface area contributed by atoms with Crippen LogP contribution < -0.4 is 0 Å². The highest BCUT2D eigenvalue weighted by molar-refractivity contribution is 5.72. The number of hydrogen-bond donors (Lipinski definition) is 0. The molecule has 0 aliphatic heterocycles. The van der Waals surface area contributed by atoms with E-state index in [0.29, 0.717) is 0 Å². The smallest absolute Gasteiger partial charge is 0.181 e. The van der Waals surface area contributed by atoms with Crippen molar-refractivity contribution in [3.8, 4) is 0 Å². The second-order valence-corrected chi connectivity index (χ2v) is 2.32. The second-order valence-electron chi connectivity index (χ2n) is 2.32. The Bertz CT molecular complexity index is 351. The van der Waals surface area contributed by atoms with Crippen molar-refractivity contribution in [2.24, 2.45) is 0 Å². The minimum absolute atomic E-state index is 0.861. The van der Waals surface area contributed by atoms with Gasteiger partial charge < -0.3 is 4.42 Å². The summed E-state index contributed by atoms with van der Waals surface area (Å²) in [7, 11) is 0. The lowest BCUT2D eigenvalue weighted by Gasteiger charge is -1.87. The van der Waals surface area contributed by atoms with E-state index in [-0.39, 0.29) is 0 Å². The fourth-order valence-corrected chi connectivity index (χ4v) is 0.962. The molecule has 0 N–H and O–H groups in total. The van der Waals surface area contributed by atoms with Gasteiger partial charge in [0.05, 0.1) is 0 Å². The van der Waals surface area contributed by atoms with Crippen LogP contribution in [-0.2, 0) is 0 Å². The van der Waals surface area contributed by atoms with E-state index in [1.165, 1.54) is 12.0 Å². The van der Waals surface area contributed by atoms with E-state index in [1.807, 2.05) is 39.0 Å². The molecular formula is C10H13NO. The number of nitrogens with zero attached hydrogens (tertiary/aromatic N) is 1. The van der Waals surface area contributed by atoms with Crippen LogP contribution in [-0.4, -0.2) is 4.98 Å². The topological polar surface area (TPSA) is 26.0 Å². The fourth-order valence-electron chi connectivity index (χ4n) is 0.962. The molecule has 0 spiro atoms. The minimum atomic E-state index is 0.861. The van der Waals surface area contributed by atoms with E-state index in [2.05, 4.69) is 4.98 Å². The summed E-state index contributed by atoms with van der Waals surface area (Å²) in [5, 5.41) is 0. The minimum Gasteiger partial charge on any atom is -0.443 e. The van der Waals surface area contributed by atoms with Crippen molar-refractivity contribution in [3.63, 3.8) is 0 Å². The van der Waals surface area contributed by atoms with E-state index in [9.17, 15) is 0 Å². The zero-order valence-electron chi connectivity index (χ0n) is 7.66. The molecule has 0 aliphatic rings. The summed E-state index contributed by atoms with van der Waals surface area (Å²) in [4.78, 5) is 3.99. The molecular weight excluding hydrogens is 150 g/mol. The molecule has 64 valence electrons. The molecule has 0 aliphatic carbocycles. The van der Waals surface area contributed by atoms with E-state index >= 15 is 0 Å². The maximum atomic E-state index is 5.09. The molecule has 2 rings (SSSR count). The van der Waals surface area contributed by atoms with E-state index in [1.54, 1.807) is 0 Å². The van der Waals surface area contributed by atoms with Gasteiger partial charge in [-0.05, 0) is 24.6 Å². The van der Waals surface area contributed by atoms with Crippen LogP contribution >= 0.6 is 0 Å². The summed E-state index contributed by atoms with van der Waals surface area (Å²) < 4.78 is 5.09. The molecule has 0 unspecified atom stereocenters. The van der Waals surface area contributed by atoms with Crippen LogP contribution in [0.5, 0.6) is 0 Å². The lowest BCUT2D eigenvalue weighted by atomic mass is 10.2. The van der Waals surface area contributed by atoms with Crippen LogP contribution in [0.2, 0.25) is 0 Å². The summed E-state index contributed by atoms with van der Waals surface area (Å²) in [5.41, 5.74) is 2.98. The molecule has 0 atom stereocenters. The largest absolute Gasteiger partial charge is 0.443 e. The first-order chi connectivity index (χ1) is 5.86. The normalized spacial score (nSPS) is 9.25. The molecule has 2 nitrogen and oxygen atoms in total. The Kier molecular flexibility index (Phi) is 2.86. The quantitative estimate of drug-likeness (QED) is 0.596. The SMILES string of the molecule is CC.Cc1ccc2ncoc2c1. The molecule has 0 amide bonds. The number of aryl methyl sites for hydroxylation is 1. The molecule has 0 fully saturated rings. The highest BCUT2D eigenvalue weighted by Crippen LogP contribution is 2.12. The van der Waals surface area contributed by atoms with Crippen molar-refractivity contribution in [2.75, 3.05) is 0 Å². The van der Waals surface area contributed by atoms with Crippen LogP contribution in [0, 0.1) is 6.92 Å². The standard InChI is InChI=1S/C8H7NO.C2H6/c1-6-2-3-7-8(4-6)10-5-9-7;1-2/h2-5H,1H3;1-2H3. The van der Waals surface area contributed by atoms with Crippen molar-refractivity contribution in [1.29, 1.82) is 0 Å². The van der Waals surface area contributed by atoms with Gasteiger partial charge in [0.25, 0.3) is 0 Å². The summed E-state index contributed by atoms with van der Waals surface area (Å²) in [6, 6.07) is 5.95. The first-order valence-electron chi connectivity index (χ1n) is 4.16. The van der Waals surface area contributed by atoms with Gasteiger partial charge in [-0.1, -0.05) is 19.9 Å². The van der Waals surface area contributed by atoms with Gasteiger partial charge >= 0.3 is 0 Å². The first kappa shape index (κ1) is 8.78. The fraction of sp³-hybridized carbons (Fsp3) is 0.300. The molecule has 1 aromatic carbocycles. The third-order valence-electron chi connectivity index (χ3n) is 1.49. The predicted molar refractivity (Wildman–Crippen MR) is 50.1 cm³/mol. The van der Waals surface area contributed by atoms with E-state index in [0.717, 1.165) is 11.1 Å². The Morgan fingerprint density at radius 1 is 1.25 bits per heavy atom. The maximum Gasteiger partial charge on any atom is 0.181 e.